The van der Waals surface area contributed by atoms with E-state index in [1.807, 2.05) is 0 Å². The highest BCUT2D eigenvalue weighted by Crippen LogP contribution is 2.21. The van der Waals surface area contributed by atoms with Gasteiger partial charge in [0.25, 0.3) is 0 Å². The molecule has 0 fully saturated rings. The van der Waals surface area contributed by atoms with Crippen molar-refractivity contribution in [1.29, 1.82) is 0 Å². The standard InChI is InChI=1S/C14H11ClF3NO/c15-10-3-6-12(16)13(7-10)19-8-9-1-4-11(5-2-9)20-14(17)18/h1-7,14,19H,8H2. The first-order valence-electron chi connectivity index (χ1n) is 5.77. The average Bonchev–Trinajstić information content (AvgIpc) is 2.41. The molecule has 106 valence electrons. The summed E-state index contributed by atoms with van der Waals surface area (Å²) in [5.74, 6) is -0.329. The number of anilines is 1. The second kappa shape index (κ2) is 6.52. The van der Waals surface area contributed by atoms with Gasteiger partial charge in [-0.1, -0.05) is 23.7 Å². The number of benzene rings is 2. The highest BCUT2D eigenvalue weighted by molar-refractivity contribution is 6.30. The molecule has 6 heteroatoms. The zero-order chi connectivity index (χ0) is 14.5. The van der Waals surface area contributed by atoms with Gasteiger partial charge in [-0.05, 0) is 35.9 Å². The van der Waals surface area contributed by atoms with E-state index in [-0.39, 0.29) is 11.4 Å². The Morgan fingerprint density at radius 2 is 1.80 bits per heavy atom. The molecule has 0 aliphatic carbocycles. The number of hydrogen-bond acceptors (Lipinski definition) is 2. The fourth-order valence-corrected chi connectivity index (χ4v) is 1.79. The first-order chi connectivity index (χ1) is 9.54. The number of rotatable bonds is 5. The van der Waals surface area contributed by atoms with Crippen LogP contribution in [0.3, 0.4) is 0 Å². The Kier molecular flexibility index (Phi) is 4.74. The van der Waals surface area contributed by atoms with Crippen molar-refractivity contribution in [3.05, 3.63) is 58.9 Å². The van der Waals surface area contributed by atoms with E-state index in [1.165, 1.54) is 30.3 Å². The molecule has 0 spiro atoms. The van der Waals surface area contributed by atoms with Crippen LogP contribution in [0.2, 0.25) is 5.02 Å². The van der Waals surface area contributed by atoms with Crippen molar-refractivity contribution < 1.29 is 17.9 Å². The maximum atomic E-state index is 13.5. The molecule has 0 heterocycles. The molecule has 1 N–H and O–H groups in total. The highest BCUT2D eigenvalue weighted by Gasteiger charge is 2.05. The molecule has 20 heavy (non-hydrogen) atoms. The maximum Gasteiger partial charge on any atom is 0.387 e. The molecular weight excluding hydrogens is 291 g/mol. The lowest BCUT2D eigenvalue weighted by Crippen LogP contribution is -2.03. The molecule has 0 amide bonds. The van der Waals surface area contributed by atoms with Crippen LogP contribution in [0.5, 0.6) is 5.75 Å². The first kappa shape index (κ1) is 14.5. The zero-order valence-corrected chi connectivity index (χ0v) is 11.0. The fourth-order valence-electron chi connectivity index (χ4n) is 1.62. The minimum atomic E-state index is -2.85. The van der Waals surface area contributed by atoms with Crippen LogP contribution in [-0.2, 0) is 6.54 Å². The van der Waals surface area contributed by atoms with Gasteiger partial charge in [0.2, 0.25) is 0 Å². The van der Waals surface area contributed by atoms with Gasteiger partial charge in [-0.15, -0.1) is 0 Å². The summed E-state index contributed by atoms with van der Waals surface area (Å²) in [7, 11) is 0. The second-order valence-electron chi connectivity index (χ2n) is 4.00. The predicted molar refractivity (Wildman–Crippen MR) is 71.8 cm³/mol. The first-order valence-corrected chi connectivity index (χ1v) is 6.15. The fraction of sp³-hybridized carbons (Fsp3) is 0.143. The molecule has 0 aromatic heterocycles. The lowest BCUT2D eigenvalue weighted by atomic mass is 10.2. The van der Waals surface area contributed by atoms with Crippen molar-refractivity contribution in [2.45, 2.75) is 13.2 Å². The molecule has 0 atom stereocenters. The normalized spacial score (nSPS) is 10.7. The summed E-state index contributed by atoms with van der Waals surface area (Å²) >= 11 is 5.77. The Labute approximate surface area is 119 Å². The van der Waals surface area contributed by atoms with E-state index in [0.29, 0.717) is 11.6 Å². The number of halogens is 4. The third-order valence-electron chi connectivity index (χ3n) is 2.56. The van der Waals surface area contributed by atoms with E-state index in [9.17, 15) is 13.2 Å². The van der Waals surface area contributed by atoms with Crippen LogP contribution in [0.1, 0.15) is 5.56 Å². The molecule has 2 nitrogen and oxygen atoms in total. The minimum Gasteiger partial charge on any atom is -0.435 e. The molecule has 2 rings (SSSR count). The Bertz CT molecular complexity index is 575. The summed E-state index contributed by atoms with van der Waals surface area (Å²) in [6, 6.07) is 10.3. The maximum absolute atomic E-state index is 13.5. The topological polar surface area (TPSA) is 21.3 Å². The number of alkyl halides is 2. The second-order valence-corrected chi connectivity index (χ2v) is 4.44. The summed E-state index contributed by atoms with van der Waals surface area (Å²) in [5, 5.41) is 3.31. The molecule has 0 saturated carbocycles. The third kappa shape index (κ3) is 4.06. The summed E-state index contributed by atoms with van der Waals surface area (Å²) in [5.41, 5.74) is 1.08. The molecular formula is C14H11ClF3NO. The van der Waals surface area contributed by atoms with Crippen molar-refractivity contribution in [1.82, 2.24) is 0 Å². The van der Waals surface area contributed by atoms with Gasteiger partial charge in [0.05, 0.1) is 5.69 Å². The van der Waals surface area contributed by atoms with Gasteiger partial charge in [0, 0.05) is 11.6 Å². The Balaban J connectivity index is 1.98. The highest BCUT2D eigenvalue weighted by atomic mass is 35.5. The van der Waals surface area contributed by atoms with Gasteiger partial charge >= 0.3 is 6.61 Å². The Morgan fingerprint density at radius 1 is 1.10 bits per heavy atom. The van der Waals surface area contributed by atoms with Crippen molar-refractivity contribution in [2.24, 2.45) is 0 Å². The van der Waals surface area contributed by atoms with Crippen LogP contribution in [0, 0.1) is 5.82 Å². The smallest absolute Gasteiger partial charge is 0.387 e. The summed E-state index contributed by atoms with van der Waals surface area (Å²) in [6.07, 6.45) is 0. The van der Waals surface area contributed by atoms with Gasteiger partial charge < -0.3 is 10.1 Å². The summed E-state index contributed by atoms with van der Waals surface area (Å²) < 4.78 is 41.7. The molecule has 0 bridgehead atoms. The molecule has 2 aromatic carbocycles. The summed E-state index contributed by atoms with van der Waals surface area (Å²) in [4.78, 5) is 0. The zero-order valence-electron chi connectivity index (χ0n) is 10.2. The average molecular weight is 302 g/mol. The monoisotopic (exact) mass is 301 g/mol. The third-order valence-corrected chi connectivity index (χ3v) is 2.79. The largest absolute Gasteiger partial charge is 0.435 e. The van der Waals surface area contributed by atoms with Crippen LogP contribution in [-0.4, -0.2) is 6.61 Å². The van der Waals surface area contributed by atoms with Crippen LogP contribution >= 0.6 is 11.6 Å². The van der Waals surface area contributed by atoms with Crippen molar-refractivity contribution in [3.8, 4) is 5.75 Å². The van der Waals surface area contributed by atoms with E-state index < -0.39 is 12.4 Å². The molecule has 0 radical (unpaired) electrons. The lowest BCUT2D eigenvalue weighted by molar-refractivity contribution is -0.0498. The van der Waals surface area contributed by atoms with Gasteiger partial charge in [-0.3, -0.25) is 0 Å². The van der Waals surface area contributed by atoms with Gasteiger partial charge in [-0.25, -0.2) is 4.39 Å². The van der Waals surface area contributed by atoms with Crippen LogP contribution in [0.25, 0.3) is 0 Å². The van der Waals surface area contributed by atoms with Gasteiger partial charge in [0.1, 0.15) is 11.6 Å². The molecule has 0 aliphatic heterocycles. The van der Waals surface area contributed by atoms with Crippen molar-refractivity contribution in [3.63, 3.8) is 0 Å². The van der Waals surface area contributed by atoms with E-state index in [4.69, 9.17) is 11.6 Å². The SMILES string of the molecule is Fc1ccc(Cl)cc1NCc1ccc(OC(F)F)cc1. The van der Waals surface area contributed by atoms with E-state index in [0.717, 1.165) is 5.56 Å². The van der Waals surface area contributed by atoms with Crippen LogP contribution < -0.4 is 10.1 Å². The molecule has 2 aromatic rings. The lowest BCUT2D eigenvalue weighted by Gasteiger charge is -2.09. The minimum absolute atomic E-state index is 0.0812. The van der Waals surface area contributed by atoms with Gasteiger partial charge in [0.15, 0.2) is 0 Å². The molecule has 0 aliphatic rings. The summed E-state index contributed by atoms with van der Waals surface area (Å²) in [6.45, 7) is -2.51. The number of nitrogens with one attached hydrogen (secondary N) is 1. The van der Waals surface area contributed by atoms with Crippen molar-refractivity contribution in [2.75, 3.05) is 5.32 Å². The molecule has 0 unspecified atom stereocenters. The number of ether oxygens (including phenoxy) is 1. The van der Waals surface area contributed by atoms with E-state index in [1.54, 1.807) is 12.1 Å². The van der Waals surface area contributed by atoms with Crippen LogP contribution in [0.4, 0.5) is 18.9 Å². The van der Waals surface area contributed by atoms with Crippen molar-refractivity contribution >= 4 is 17.3 Å². The quantitative estimate of drug-likeness (QED) is 0.865. The number of hydrogen-bond donors (Lipinski definition) is 1. The van der Waals surface area contributed by atoms with E-state index in [2.05, 4.69) is 10.1 Å². The van der Waals surface area contributed by atoms with Crippen LogP contribution in [0.15, 0.2) is 42.5 Å². The Hall–Kier alpha value is -1.88. The van der Waals surface area contributed by atoms with E-state index >= 15 is 0 Å². The Morgan fingerprint density at radius 3 is 2.45 bits per heavy atom. The molecule has 0 saturated heterocycles. The van der Waals surface area contributed by atoms with Gasteiger partial charge in [-0.2, -0.15) is 8.78 Å². The predicted octanol–water partition coefficient (Wildman–Crippen LogP) is 4.69.